The van der Waals surface area contributed by atoms with Crippen LogP contribution >= 0.6 is 11.3 Å². The first-order chi connectivity index (χ1) is 10.2. The van der Waals surface area contributed by atoms with Crippen LogP contribution in [0.1, 0.15) is 36.8 Å². The van der Waals surface area contributed by atoms with Gasteiger partial charge in [0.25, 0.3) is 5.91 Å². The summed E-state index contributed by atoms with van der Waals surface area (Å²) in [6.45, 7) is 3.84. The molecule has 2 aliphatic heterocycles. The van der Waals surface area contributed by atoms with Crippen LogP contribution in [0.3, 0.4) is 0 Å². The van der Waals surface area contributed by atoms with Crippen LogP contribution < -0.4 is 5.32 Å². The quantitative estimate of drug-likeness (QED) is 0.919. The standard InChI is InChI=1S/C14H19N3O3S/c1-2-12(18)17-6-5-9-11(8-17)21-14(15-9)16-13(19)10-4-3-7-20-10/h10H,2-8H2,1H3,(H,15,16,19). The zero-order valence-corrected chi connectivity index (χ0v) is 12.9. The van der Waals surface area contributed by atoms with Crippen molar-refractivity contribution in [3.63, 3.8) is 0 Å². The zero-order valence-electron chi connectivity index (χ0n) is 12.1. The lowest BCUT2D eigenvalue weighted by Gasteiger charge is -2.25. The minimum atomic E-state index is -0.343. The number of fused-ring (bicyclic) bond motifs is 1. The van der Waals surface area contributed by atoms with Gasteiger partial charge in [-0.3, -0.25) is 14.9 Å². The second kappa shape index (κ2) is 6.11. The van der Waals surface area contributed by atoms with Gasteiger partial charge < -0.3 is 9.64 Å². The number of nitrogens with one attached hydrogen (secondary N) is 1. The predicted octanol–water partition coefficient (Wildman–Crippen LogP) is 1.56. The lowest BCUT2D eigenvalue weighted by molar-refractivity contribution is -0.131. The number of aromatic nitrogens is 1. The van der Waals surface area contributed by atoms with Crippen LogP contribution in [-0.2, 0) is 27.3 Å². The maximum absolute atomic E-state index is 12.0. The van der Waals surface area contributed by atoms with E-state index in [2.05, 4.69) is 10.3 Å². The number of ether oxygens (including phenoxy) is 1. The summed E-state index contributed by atoms with van der Waals surface area (Å²) >= 11 is 1.46. The van der Waals surface area contributed by atoms with E-state index >= 15 is 0 Å². The fourth-order valence-electron chi connectivity index (χ4n) is 2.66. The molecular formula is C14H19N3O3S. The van der Waals surface area contributed by atoms with E-state index < -0.39 is 0 Å². The Morgan fingerprint density at radius 3 is 3.10 bits per heavy atom. The summed E-state index contributed by atoms with van der Waals surface area (Å²) in [6, 6.07) is 0. The van der Waals surface area contributed by atoms with E-state index in [1.165, 1.54) is 11.3 Å². The van der Waals surface area contributed by atoms with Crippen LogP contribution in [-0.4, -0.2) is 41.0 Å². The third-order valence-electron chi connectivity index (χ3n) is 3.84. The van der Waals surface area contributed by atoms with E-state index in [4.69, 9.17) is 4.74 Å². The Morgan fingerprint density at radius 1 is 1.52 bits per heavy atom. The molecule has 2 aliphatic rings. The molecule has 1 unspecified atom stereocenters. The first-order valence-corrected chi connectivity index (χ1v) is 8.18. The number of hydrogen-bond donors (Lipinski definition) is 1. The molecule has 1 N–H and O–H groups in total. The fraction of sp³-hybridized carbons (Fsp3) is 0.643. The third-order valence-corrected chi connectivity index (χ3v) is 4.84. The zero-order chi connectivity index (χ0) is 14.8. The van der Waals surface area contributed by atoms with Gasteiger partial charge in [-0.15, -0.1) is 0 Å². The minimum Gasteiger partial charge on any atom is -0.368 e. The molecule has 21 heavy (non-hydrogen) atoms. The summed E-state index contributed by atoms with van der Waals surface area (Å²) in [7, 11) is 0. The number of carbonyl (C=O) groups excluding carboxylic acids is 2. The molecule has 1 atom stereocenters. The van der Waals surface area contributed by atoms with E-state index in [1.54, 1.807) is 0 Å². The van der Waals surface area contributed by atoms with E-state index in [-0.39, 0.29) is 17.9 Å². The van der Waals surface area contributed by atoms with E-state index in [0.717, 1.165) is 29.8 Å². The van der Waals surface area contributed by atoms with Gasteiger partial charge in [0.2, 0.25) is 5.91 Å². The fourth-order valence-corrected chi connectivity index (χ4v) is 3.68. The Balaban J connectivity index is 1.66. The molecule has 1 aromatic heterocycles. The number of carbonyl (C=O) groups is 2. The largest absolute Gasteiger partial charge is 0.368 e. The highest BCUT2D eigenvalue weighted by molar-refractivity contribution is 7.15. The van der Waals surface area contributed by atoms with Crippen LogP contribution in [0.15, 0.2) is 0 Å². The molecule has 0 saturated carbocycles. The molecule has 3 heterocycles. The molecule has 0 aliphatic carbocycles. The summed E-state index contributed by atoms with van der Waals surface area (Å²) in [4.78, 5) is 31.2. The summed E-state index contributed by atoms with van der Waals surface area (Å²) < 4.78 is 5.36. The number of rotatable bonds is 3. The molecule has 0 spiro atoms. The lowest BCUT2D eigenvalue weighted by Crippen LogP contribution is -2.34. The van der Waals surface area contributed by atoms with Crippen LogP contribution in [0.4, 0.5) is 5.13 Å². The highest BCUT2D eigenvalue weighted by Crippen LogP contribution is 2.29. The van der Waals surface area contributed by atoms with Crippen LogP contribution in [0.25, 0.3) is 0 Å². The predicted molar refractivity (Wildman–Crippen MR) is 79.1 cm³/mol. The van der Waals surface area contributed by atoms with Crippen molar-refractivity contribution < 1.29 is 14.3 Å². The van der Waals surface area contributed by atoms with Crippen LogP contribution in [0.2, 0.25) is 0 Å². The highest BCUT2D eigenvalue weighted by Gasteiger charge is 2.27. The van der Waals surface area contributed by atoms with Gasteiger partial charge in [-0.05, 0) is 12.8 Å². The van der Waals surface area contributed by atoms with Crippen LogP contribution in [0, 0.1) is 0 Å². The Bertz CT molecular complexity index is 552. The van der Waals surface area contributed by atoms with Crippen molar-refractivity contribution >= 4 is 28.3 Å². The van der Waals surface area contributed by atoms with E-state index in [9.17, 15) is 9.59 Å². The molecule has 0 aromatic carbocycles. The summed E-state index contributed by atoms with van der Waals surface area (Å²) in [6.07, 6.45) is 2.64. The summed E-state index contributed by atoms with van der Waals surface area (Å²) in [5, 5.41) is 3.46. The highest BCUT2D eigenvalue weighted by atomic mass is 32.1. The monoisotopic (exact) mass is 309 g/mol. The van der Waals surface area contributed by atoms with Gasteiger partial charge in [0, 0.05) is 30.9 Å². The van der Waals surface area contributed by atoms with Gasteiger partial charge in [0.15, 0.2) is 5.13 Å². The first kappa shape index (κ1) is 14.5. The second-order valence-corrected chi connectivity index (χ2v) is 6.38. The molecule has 1 saturated heterocycles. The average Bonchev–Trinajstić information content (AvgIpc) is 3.14. The van der Waals surface area contributed by atoms with Crippen molar-refractivity contribution in [2.24, 2.45) is 0 Å². The topological polar surface area (TPSA) is 71.5 Å². The van der Waals surface area contributed by atoms with Crippen molar-refractivity contribution in [1.29, 1.82) is 0 Å². The van der Waals surface area contributed by atoms with Gasteiger partial charge in [-0.2, -0.15) is 0 Å². The molecule has 3 rings (SSSR count). The third kappa shape index (κ3) is 3.08. The van der Waals surface area contributed by atoms with Crippen molar-refractivity contribution in [3.8, 4) is 0 Å². The maximum Gasteiger partial charge on any atom is 0.255 e. The Hall–Kier alpha value is -1.47. The van der Waals surface area contributed by atoms with Crippen LogP contribution in [0.5, 0.6) is 0 Å². The number of nitrogens with zero attached hydrogens (tertiary/aromatic N) is 2. The number of anilines is 1. The molecule has 0 bridgehead atoms. The number of amides is 2. The molecule has 7 heteroatoms. The normalized spacial score (nSPS) is 21.2. The summed E-state index contributed by atoms with van der Waals surface area (Å²) in [5.41, 5.74) is 1.00. The molecule has 1 aromatic rings. The average molecular weight is 309 g/mol. The van der Waals surface area contributed by atoms with Crippen molar-refractivity contribution in [2.75, 3.05) is 18.5 Å². The van der Waals surface area contributed by atoms with Gasteiger partial charge >= 0.3 is 0 Å². The van der Waals surface area contributed by atoms with Crippen molar-refractivity contribution in [1.82, 2.24) is 9.88 Å². The van der Waals surface area contributed by atoms with Gasteiger partial charge in [-0.1, -0.05) is 18.3 Å². The van der Waals surface area contributed by atoms with Gasteiger partial charge in [0.1, 0.15) is 6.10 Å². The summed E-state index contributed by atoms with van der Waals surface area (Å²) in [5.74, 6) is 0.0547. The van der Waals surface area contributed by atoms with E-state index in [0.29, 0.717) is 31.2 Å². The number of hydrogen-bond acceptors (Lipinski definition) is 5. The molecule has 0 radical (unpaired) electrons. The lowest BCUT2D eigenvalue weighted by atomic mass is 10.1. The first-order valence-electron chi connectivity index (χ1n) is 7.36. The maximum atomic E-state index is 12.0. The second-order valence-electron chi connectivity index (χ2n) is 5.30. The molecule has 1 fully saturated rings. The molecule has 6 nitrogen and oxygen atoms in total. The van der Waals surface area contributed by atoms with Gasteiger partial charge in [-0.25, -0.2) is 4.98 Å². The molecule has 2 amide bonds. The Morgan fingerprint density at radius 2 is 2.38 bits per heavy atom. The van der Waals surface area contributed by atoms with Crippen molar-refractivity contribution in [3.05, 3.63) is 10.6 Å². The smallest absolute Gasteiger partial charge is 0.255 e. The molecule has 114 valence electrons. The Labute approximate surface area is 127 Å². The van der Waals surface area contributed by atoms with Gasteiger partial charge in [0.05, 0.1) is 12.2 Å². The SMILES string of the molecule is CCC(=O)N1CCc2nc(NC(=O)C3CCCO3)sc2C1. The molecular weight excluding hydrogens is 290 g/mol. The number of thiazole rings is 1. The van der Waals surface area contributed by atoms with E-state index in [1.807, 2.05) is 11.8 Å². The minimum absolute atomic E-state index is 0.111. The Kier molecular flexibility index (Phi) is 4.21. The van der Waals surface area contributed by atoms with Crippen molar-refractivity contribution in [2.45, 2.75) is 45.3 Å².